The monoisotopic (exact) mass is 715 g/mol. The average molecular weight is 716 g/mol. The van der Waals surface area contributed by atoms with E-state index in [0.29, 0.717) is 17.6 Å². The SMILES string of the molecule is c1ccc(-c2ccc(-c3nc(-c4ccccc4)nc(-n4c5ccccc5c5c(-c6ccccc6)cc6c(c7ccccc7n6-c6ccccc6)c54)n3)cc2)cc1. The number of nitrogens with zero attached hydrogens (tertiary/aromatic N) is 5. The second-order valence-corrected chi connectivity index (χ2v) is 14.0. The molecule has 3 heterocycles. The summed E-state index contributed by atoms with van der Waals surface area (Å²) in [5.74, 6) is 1.79. The van der Waals surface area contributed by atoms with E-state index in [2.05, 4.69) is 185 Å². The Hall–Kier alpha value is -7.63. The lowest BCUT2D eigenvalue weighted by atomic mass is 9.97. The van der Waals surface area contributed by atoms with Gasteiger partial charge in [-0.1, -0.05) is 170 Å². The molecule has 0 bridgehead atoms. The third-order valence-electron chi connectivity index (χ3n) is 10.8. The zero-order valence-corrected chi connectivity index (χ0v) is 30.3. The van der Waals surface area contributed by atoms with Crippen molar-refractivity contribution in [2.24, 2.45) is 0 Å². The molecule has 56 heavy (non-hydrogen) atoms. The molecule has 8 aromatic carbocycles. The first-order valence-corrected chi connectivity index (χ1v) is 18.9. The van der Waals surface area contributed by atoms with Crippen molar-refractivity contribution >= 4 is 43.6 Å². The topological polar surface area (TPSA) is 48.5 Å². The first kappa shape index (κ1) is 31.9. The van der Waals surface area contributed by atoms with E-state index in [1.54, 1.807) is 0 Å². The van der Waals surface area contributed by atoms with Crippen LogP contribution in [0.4, 0.5) is 0 Å². The third kappa shape index (κ3) is 5.13. The molecule has 0 amide bonds. The molecule has 5 heteroatoms. The van der Waals surface area contributed by atoms with E-state index >= 15 is 0 Å². The molecule has 0 fully saturated rings. The van der Waals surface area contributed by atoms with Gasteiger partial charge in [0.25, 0.3) is 0 Å². The summed E-state index contributed by atoms with van der Waals surface area (Å²) in [6.45, 7) is 0. The standard InChI is InChI=1S/C51H33N5/c1-5-17-34(18-6-1)35-29-31-38(32-30-35)50-52-49(37-21-9-3-10-22-37)53-51(54-50)56-44-28-16-13-25-40(44)46-42(36-19-7-2-8-20-36)33-45-47(48(46)56)41-26-14-15-27-43(41)55(45)39-23-11-4-12-24-39/h1-33H. The van der Waals surface area contributed by atoms with Crippen LogP contribution in [0.15, 0.2) is 200 Å². The summed E-state index contributed by atoms with van der Waals surface area (Å²) in [5, 5.41) is 4.60. The van der Waals surface area contributed by atoms with E-state index < -0.39 is 0 Å². The quantitative estimate of drug-likeness (QED) is 0.172. The molecule has 0 saturated carbocycles. The molecule has 11 aromatic rings. The number of fused-ring (bicyclic) bond motifs is 7. The first-order valence-electron chi connectivity index (χ1n) is 18.9. The fourth-order valence-corrected chi connectivity index (χ4v) is 8.26. The van der Waals surface area contributed by atoms with Crippen LogP contribution in [0.3, 0.4) is 0 Å². The van der Waals surface area contributed by atoms with Crippen molar-refractivity contribution in [1.29, 1.82) is 0 Å². The Bertz CT molecular complexity index is 3200. The highest BCUT2D eigenvalue weighted by Gasteiger charge is 2.25. The number of para-hydroxylation sites is 3. The molecule has 0 radical (unpaired) electrons. The van der Waals surface area contributed by atoms with Crippen molar-refractivity contribution in [3.8, 4) is 56.7 Å². The molecule has 0 N–H and O–H groups in total. The van der Waals surface area contributed by atoms with Crippen molar-refractivity contribution in [2.75, 3.05) is 0 Å². The molecular weight excluding hydrogens is 683 g/mol. The maximum atomic E-state index is 5.36. The van der Waals surface area contributed by atoms with Gasteiger partial charge in [0.15, 0.2) is 11.6 Å². The van der Waals surface area contributed by atoms with E-state index in [9.17, 15) is 0 Å². The highest BCUT2D eigenvalue weighted by molar-refractivity contribution is 6.29. The van der Waals surface area contributed by atoms with Crippen LogP contribution in [0.1, 0.15) is 0 Å². The minimum atomic E-state index is 0.565. The van der Waals surface area contributed by atoms with Crippen molar-refractivity contribution in [1.82, 2.24) is 24.1 Å². The van der Waals surface area contributed by atoms with Gasteiger partial charge < -0.3 is 4.57 Å². The van der Waals surface area contributed by atoms with E-state index in [1.807, 2.05) is 24.3 Å². The summed E-state index contributed by atoms with van der Waals surface area (Å²) >= 11 is 0. The predicted octanol–water partition coefficient (Wildman–Crippen LogP) is 12.7. The van der Waals surface area contributed by atoms with Crippen molar-refractivity contribution in [3.63, 3.8) is 0 Å². The Balaban J connectivity index is 1.28. The lowest BCUT2D eigenvalue weighted by molar-refractivity contribution is 0.955. The Morgan fingerprint density at radius 3 is 1.39 bits per heavy atom. The van der Waals surface area contributed by atoms with Gasteiger partial charge in [0.05, 0.1) is 22.1 Å². The molecule has 0 aliphatic rings. The van der Waals surface area contributed by atoms with E-state index in [-0.39, 0.29) is 0 Å². The number of aromatic nitrogens is 5. The Kier molecular flexibility index (Phi) is 7.42. The molecule has 0 atom stereocenters. The second kappa shape index (κ2) is 13.0. The molecular formula is C51H33N5. The fraction of sp³-hybridized carbons (Fsp3) is 0. The van der Waals surface area contributed by atoms with Gasteiger partial charge in [-0.05, 0) is 52.6 Å². The summed E-state index contributed by atoms with van der Waals surface area (Å²) < 4.78 is 4.66. The Morgan fingerprint density at radius 1 is 0.321 bits per heavy atom. The average Bonchev–Trinajstić information content (AvgIpc) is 3.80. The lowest BCUT2D eigenvalue weighted by Gasteiger charge is -2.13. The normalized spacial score (nSPS) is 11.6. The highest BCUT2D eigenvalue weighted by Crippen LogP contribution is 2.46. The van der Waals surface area contributed by atoms with Gasteiger partial charge in [0.2, 0.25) is 5.95 Å². The number of rotatable bonds is 6. The van der Waals surface area contributed by atoms with E-state index in [4.69, 9.17) is 15.0 Å². The minimum Gasteiger partial charge on any atom is -0.309 e. The van der Waals surface area contributed by atoms with Gasteiger partial charge in [0.1, 0.15) is 0 Å². The van der Waals surface area contributed by atoms with Crippen LogP contribution < -0.4 is 0 Å². The van der Waals surface area contributed by atoms with Gasteiger partial charge in [-0.2, -0.15) is 9.97 Å². The van der Waals surface area contributed by atoms with E-state index in [0.717, 1.165) is 77.1 Å². The van der Waals surface area contributed by atoms with Crippen molar-refractivity contribution in [2.45, 2.75) is 0 Å². The summed E-state index contributed by atoms with van der Waals surface area (Å²) in [6.07, 6.45) is 0. The molecule has 0 spiro atoms. The van der Waals surface area contributed by atoms with Crippen LogP contribution >= 0.6 is 0 Å². The van der Waals surface area contributed by atoms with Crippen LogP contribution in [0.2, 0.25) is 0 Å². The molecule has 0 aliphatic carbocycles. The zero-order valence-electron chi connectivity index (χ0n) is 30.3. The van der Waals surface area contributed by atoms with Gasteiger partial charge >= 0.3 is 0 Å². The number of hydrogen-bond acceptors (Lipinski definition) is 3. The summed E-state index contributed by atoms with van der Waals surface area (Å²) in [4.78, 5) is 15.8. The minimum absolute atomic E-state index is 0.565. The smallest absolute Gasteiger partial charge is 0.238 e. The Morgan fingerprint density at radius 2 is 0.768 bits per heavy atom. The largest absolute Gasteiger partial charge is 0.309 e. The van der Waals surface area contributed by atoms with Crippen LogP contribution in [0, 0.1) is 0 Å². The predicted molar refractivity (Wildman–Crippen MR) is 230 cm³/mol. The maximum Gasteiger partial charge on any atom is 0.238 e. The fourth-order valence-electron chi connectivity index (χ4n) is 8.26. The van der Waals surface area contributed by atoms with Gasteiger partial charge in [-0.3, -0.25) is 4.57 Å². The van der Waals surface area contributed by atoms with Crippen molar-refractivity contribution in [3.05, 3.63) is 200 Å². The molecule has 262 valence electrons. The third-order valence-corrected chi connectivity index (χ3v) is 10.8. The van der Waals surface area contributed by atoms with Crippen LogP contribution in [-0.2, 0) is 0 Å². The summed E-state index contributed by atoms with van der Waals surface area (Å²) in [6, 6.07) is 70.2. The molecule has 0 unspecified atom stereocenters. The van der Waals surface area contributed by atoms with Crippen LogP contribution in [-0.4, -0.2) is 24.1 Å². The zero-order chi connectivity index (χ0) is 37.0. The number of hydrogen-bond donors (Lipinski definition) is 0. The summed E-state index contributed by atoms with van der Waals surface area (Å²) in [5.41, 5.74) is 11.9. The second-order valence-electron chi connectivity index (χ2n) is 14.0. The van der Waals surface area contributed by atoms with Crippen LogP contribution in [0.25, 0.3) is 100 Å². The lowest BCUT2D eigenvalue weighted by Crippen LogP contribution is -2.06. The van der Waals surface area contributed by atoms with Gasteiger partial charge in [-0.25, -0.2) is 4.98 Å². The van der Waals surface area contributed by atoms with Crippen LogP contribution in [0.5, 0.6) is 0 Å². The molecule has 3 aromatic heterocycles. The number of benzene rings is 8. The Labute approximate surface area is 323 Å². The molecule has 5 nitrogen and oxygen atoms in total. The van der Waals surface area contributed by atoms with Crippen molar-refractivity contribution < 1.29 is 0 Å². The summed E-state index contributed by atoms with van der Waals surface area (Å²) in [7, 11) is 0. The first-order chi connectivity index (χ1) is 27.8. The van der Waals surface area contributed by atoms with Gasteiger partial charge in [0, 0.05) is 38.4 Å². The maximum absolute atomic E-state index is 5.36. The molecule has 0 saturated heterocycles. The van der Waals surface area contributed by atoms with E-state index in [1.165, 1.54) is 5.56 Å². The highest BCUT2D eigenvalue weighted by atomic mass is 15.2. The molecule has 0 aliphatic heterocycles. The molecule has 11 rings (SSSR count). The van der Waals surface area contributed by atoms with Gasteiger partial charge in [-0.15, -0.1) is 0 Å².